The second-order valence-corrected chi connectivity index (χ2v) is 7.49. The Morgan fingerprint density at radius 1 is 1.09 bits per heavy atom. The fourth-order valence-corrected chi connectivity index (χ4v) is 3.38. The number of rotatable bonds is 8. The normalized spacial score (nSPS) is 14.0. The van der Waals surface area contributed by atoms with Gasteiger partial charge in [-0.1, -0.05) is 24.3 Å². The van der Waals surface area contributed by atoms with Crippen molar-refractivity contribution in [1.82, 2.24) is 20.9 Å². The van der Waals surface area contributed by atoms with Crippen molar-refractivity contribution in [3.8, 4) is 5.75 Å². The highest BCUT2D eigenvalue weighted by molar-refractivity contribution is 5.97. The zero-order chi connectivity index (χ0) is 22.8. The van der Waals surface area contributed by atoms with Gasteiger partial charge in [-0.15, -0.1) is 0 Å². The summed E-state index contributed by atoms with van der Waals surface area (Å²) in [5.41, 5.74) is 2.81. The minimum Gasteiger partial charge on any atom is -0.497 e. The van der Waals surface area contributed by atoms with Crippen LogP contribution in [0.4, 0.5) is 0 Å². The summed E-state index contributed by atoms with van der Waals surface area (Å²) in [6.07, 6.45) is 0.875. The molecular formula is C24H31N5O3. The average Bonchev–Trinajstić information content (AvgIpc) is 2.83. The third-order valence-corrected chi connectivity index (χ3v) is 5.16. The molecule has 0 atom stereocenters. The highest BCUT2D eigenvalue weighted by Gasteiger charge is 2.22. The fraction of sp³-hybridized carbons (Fsp3) is 0.375. The minimum atomic E-state index is -0.122. The van der Waals surface area contributed by atoms with Crippen LogP contribution in [0, 0.1) is 0 Å². The zero-order valence-electron chi connectivity index (χ0n) is 18.7. The summed E-state index contributed by atoms with van der Waals surface area (Å²) in [4.78, 5) is 30.3. The third kappa shape index (κ3) is 6.73. The molecule has 2 amide bonds. The third-order valence-electron chi connectivity index (χ3n) is 5.16. The molecule has 0 unspecified atom stereocenters. The van der Waals surface area contributed by atoms with Gasteiger partial charge in [-0.3, -0.25) is 9.59 Å². The van der Waals surface area contributed by atoms with E-state index in [0.29, 0.717) is 25.2 Å². The molecule has 1 aliphatic rings. The largest absolute Gasteiger partial charge is 0.497 e. The number of hydrogen-bond donors (Lipinski definition) is 3. The maximum Gasteiger partial charge on any atom is 0.254 e. The Bertz CT molecular complexity index is 926. The number of amides is 2. The van der Waals surface area contributed by atoms with Gasteiger partial charge in [0, 0.05) is 31.7 Å². The van der Waals surface area contributed by atoms with Crippen LogP contribution in [0.5, 0.6) is 5.75 Å². The van der Waals surface area contributed by atoms with Gasteiger partial charge in [0.1, 0.15) is 5.75 Å². The van der Waals surface area contributed by atoms with Crippen molar-refractivity contribution in [3.63, 3.8) is 0 Å². The van der Waals surface area contributed by atoms with Crippen molar-refractivity contribution in [3.05, 3.63) is 65.2 Å². The summed E-state index contributed by atoms with van der Waals surface area (Å²) in [6, 6.07) is 15.4. The molecule has 3 N–H and O–H groups in total. The van der Waals surface area contributed by atoms with Gasteiger partial charge in [0.2, 0.25) is 5.91 Å². The number of carbonyl (C=O) groups excluding carboxylic acids is 2. The van der Waals surface area contributed by atoms with E-state index in [2.05, 4.69) is 33.1 Å². The Kier molecular flexibility index (Phi) is 8.48. The van der Waals surface area contributed by atoms with Gasteiger partial charge in [0.05, 0.1) is 20.2 Å². The quantitative estimate of drug-likeness (QED) is 0.430. The summed E-state index contributed by atoms with van der Waals surface area (Å²) < 4.78 is 5.19. The van der Waals surface area contributed by atoms with Crippen LogP contribution in [0.1, 0.15) is 28.4 Å². The number of guanidine groups is 1. The number of hydrogen-bond acceptors (Lipinski definition) is 4. The topological polar surface area (TPSA) is 95.1 Å². The average molecular weight is 438 g/mol. The molecule has 2 aromatic carbocycles. The molecule has 8 nitrogen and oxygen atoms in total. The minimum absolute atomic E-state index is 0.110. The lowest BCUT2D eigenvalue weighted by Gasteiger charge is -2.26. The number of piperazine rings is 1. The second kappa shape index (κ2) is 11.7. The van der Waals surface area contributed by atoms with Crippen LogP contribution in [0.3, 0.4) is 0 Å². The summed E-state index contributed by atoms with van der Waals surface area (Å²) in [5.74, 6) is 1.36. The summed E-state index contributed by atoms with van der Waals surface area (Å²) in [7, 11) is 1.66. The molecule has 1 heterocycles. The van der Waals surface area contributed by atoms with Crippen molar-refractivity contribution in [2.75, 3.05) is 39.8 Å². The molecule has 8 heteroatoms. The predicted molar refractivity (Wildman–Crippen MR) is 125 cm³/mol. The van der Waals surface area contributed by atoms with E-state index in [9.17, 15) is 9.59 Å². The molecule has 1 aliphatic heterocycles. The fourth-order valence-electron chi connectivity index (χ4n) is 3.38. The van der Waals surface area contributed by atoms with Gasteiger partial charge in [-0.2, -0.15) is 0 Å². The van der Waals surface area contributed by atoms with Gasteiger partial charge >= 0.3 is 0 Å². The molecule has 0 saturated carbocycles. The molecule has 0 bridgehead atoms. The van der Waals surface area contributed by atoms with Crippen LogP contribution < -0.4 is 20.7 Å². The van der Waals surface area contributed by atoms with Gasteiger partial charge < -0.3 is 25.6 Å². The van der Waals surface area contributed by atoms with E-state index in [4.69, 9.17) is 4.74 Å². The van der Waals surface area contributed by atoms with E-state index in [1.807, 2.05) is 31.2 Å². The van der Waals surface area contributed by atoms with Crippen molar-refractivity contribution >= 4 is 17.8 Å². The first-order valence-electron chi connectivity index (χ1n) is 10.9. The number of aliphatic imine (C=N–C) groups is 1. The van der Waals surface area contributed by atoms with Gasteiger partial charge in [0.25, 0.3) is 5.91 Å². The standard InChI is InChI=1S/C24H31N5O3/c1-3-25-24(27-13-12-18-6-10-21(32-2)11-7-18)28-16-19-4-8-20(9-5-19)23(31)29-15-14-26-22(30)17-29/h4-11H,3,12-17H2,1-2H3,(H,26,30)(H2,25,27,28). The first kappa shape index (κ1) is 23.1. The number of ether oxygens (including phenoxy) is 1. The van der Waals surface area contributed by atoms with Crippen LogP contribution in [0.15, 0.2) is 53.5 Å². The number of benzene rings is 2. The molecule has 1 fully saturated rings. The second-order valence-electron chi connectivity index (χ2n) is 7.49. The highest BCUT2D eigenvalue weighted by atomic mass is 16.5. The molecule has 170 valence electrons. The van der Waals surface area contributed by atoms with Crippen LogP contribution in [0.2, 0.25) is 0 Å². The van der Waals surface area contributed by atoms with Crippen LogP contribution in [-0.4, -0.2) is 62.5 Å². The van der Waals surface area contributed by atoms with Crippen LogP contribution >= 0.6 is 0 Å². The molecule has 2 aromatic rings. The Morgan fingerprint density at radius 2 is 1.81 bits per heavy atom. The van der Waals surface area contributed by atoms with E-state index < -0.39 is 0 Å². The molecule has 0 aliphatic carbocycles. The summed E-state index contributed by atoms with van der Waals surface area (Å²) in [6.45, 7) is 5.20. The number of carbonyl (C=O) groups is 2. The Morgan fingerprint density at radius 3 is 2.47 bits per heavy atom. The van der Waals surface area contributed by atoms with Gasteiger partial charge in [-0.05, 0) is 48.7 Å². The van der Waals surface area contributed by atoms with Crippen molar-refractivity contribution in [1.29, 1.82) is 0 Å². The molecule has 0 radical (unpaired) electrons. The lowest BCUT2D eigenvalue weighted by Crippen LogP contribution is -2.49. The summed E-state index contributed by atoms with van der Waals surface area (Å²) in [5, 5.41) is 9.34. The van der Waals surface area contributed by atoms with Crippen LogP contribution in [-0.2, 0) is 17.8 Å². The molecule has 0 aromatic heterocycles. The van der Waals surface area contributed by atoms with E-state index in [-0.39, 0.29) is 18.4 Å². The summed E-state index contributed by atoms with van der Waals surface area (Å²) >= 11 is 0. The maximum absolute atomic E-state index is 12.6. The van der Waals surface area contributed by atoms with Crippen molar-refractivity contribution in [2.24, 2.45) is 4.99 Å². The van der Waals surface area contributed by atoms with Gasteiger partial charge in [0.15, 0.2) is 5.96 Å². The van der Waals surface area contributed by atoms with E-state index >= 15 is 0 Å². The predicted octanol–water partition coefficient (Wildman–Crippen LogP) is 1.57. The smallest absolute Gasteiger partial charge is 0.254 e. The Hall–Kier alpha value is -3.55. The van der Waals surface area contributed by atoms with E-state index in [1.165, 1.54) is 5.56 Å². The number of methoxy groups -OCH3 is 1. The van der Waals surface area contributed by atoms with E-state index in [0.717, 1.165) is 36.8 Å². The van der Waals surface area contributed by atoms with Crippen LogP contribution in [0.25, 0.3) is 0 Å². The molecule has 0 spiro atoms. The maximum atomic E-state index is 12.6. The molecule has 32 heavy (non-hydrogen) atoms. The zero-order valence-corrected chi connectivity index (χ0v) is 18.7. The molecule has 1 saturated heterocycles. The van der Waals surface area contributed by atoms with E-state index in [1.54, 1.807) is 24.1 Å². The monoisotopic (exact) mass is 437 g/mol. The molecule has 3 rings (SSSR count). The van der Waals surface area contributed by atoms with Crippen molar-refractivity contribution in [2.45, 2.75) is 19.9 Å². The lowest BCUT2D eigenvalue weighted by atomic mass is 10.1. The number of nitrogens with zero attached hydrogens (tertiary/aromatic N) is 2. The lowest BCUT2D eigenvalue weighted by molar-refractivity contribution is -0.123. The Labute approximate surface area is 189 Å². The number of nitrogens with one attached hydrogen (secondary N) is 3. The molecular weight excluding hydrogens is 406 g/mol. The highest BCUT2D eigenvalue weighted by Crippen LogP contribution is 2.12. The van der Waals surface area contributed by atoms with Gasteiger partial charge in [-0.25, -0.2) is 4.99 Å². The van der Waals surface area contributed by atoms with Crippen molar-refractivity contribution < 1.29 is 14.3 Å². The Balaban J connectivity index is 1.52. The first-order chi connectivity index (χ1) is 15.6. The SMILES string of the molecule is CCNC(=NCc1ccc(C(=O)N2CCNC(=O)C2)cc1)NCCc1ccc(OC)cc1. The first-order valence-corrected chi connectivity index (χ1v) is 10.9.